The van der Waals surface area contributed by atoms with E-state index in [0.29, 0.717) is 17.9 Å². The summed E-state index contributed by atoms with van der Waals surface area (Å²) in [5, 5.41) is 0. The lowest BCUT2D eigenvalue weighted by Crippen LogP contribution is -2.48. The lowest BCUT2D eigenvalue weighted by atomic mass is 10.1. The van der Waals surface area contributed by atoms with Crippen molar-refractivity contribution in [3.05, 3.63) is 18.7 Å². The fourth-order valence-electron chi connectivity index (χ4n) is 3.64. The van der Waals surface area contributed by atoms with Gasteiger partial charge in [-0.3, -0.25) is 14.4 Å². The summed E-state index contributed by atoms with van der Waals surface area (Å²) < 4.78 is 45.4. The summed E-state index contributed by atoms with van der Waals surface area (Å²) in [6.07, 6.45) is -0.372. The first-order valence-electron chi connectivity index (χ1n) is 13.0. The van der Waals surface area contributed by atoms with Gasteiger partial charge in [0, 0.05) is 12.4 Å². The van der Waals surface area contributed by atoms with Crippen molar-refractivity contribution >= 4 is 23.9 Å². The van der Waals surface area contributed by atoms with E-state index >= 15 is 4.39 Å². The van der Waals surface area contributed by atoms with Gasteiger partial charge in [-0.05, 0) is 6.92 Å². The van der Waals surface area contributed by atoms with Crippen LogP contribution < -0.4 is 10.5 Å². The predicted molar refractivity (Wildman–Crippen MR) is 138 cm³/mol. The number of nitrogens with two attached hydrogens (primary N) is 1. The highest BCUT2D eigenvalue weighted by Gasteiger charge is 2.62. The van der Waals surface area contributed by atoms with Crippen LogP contribution in [-0.2, 0) is 33.3 Å². The Kier molecular flexibility index (Phi) is 9.66. The maximum atomic E-state index is 16.5. The highest BCUT2D eigenvalue weighted by atomic mass is 19.2. The molecule has 0 aliphatic carbocycles. The Bertz CT molecular complexity index is 1220. The number of rotatable bonds is 11. The summed E-state index contributed by atoms with van der Waals surface area (Å²) in [6, 6.07) is 0. The van der Waals surface area contributed by atoms with Crippen LogP contribution in [0.15, 0.2) is 18.7 Å². The van der Waals surface area contributed by atoms with Gasteiger partial charge in [0.15, 0.2) is 18.9 Å². The number of halogens is 1. The Morgan fingerprint density at radius 1 is 1.05 bits per heavy atom. The minimum atomic E-state index is -2.85. The van der Waals surface area contributed by atoms with Crippen LogP contribution >= 0.6 is 0 Å². The molecule has 0 saturated carbocycles. The van der Waals surface area contributed by atoms with E-state index < -0.39 is 66.6 Å². The minimum absolute atomic E-state index is 0.000566. The number of hydrogen-bond acceptors (Lipinski definition) is 12. The number of nitrogen functional groups attached to an aromatic ring is 1. The van der Waals surface area contributed by atoms with Gasteiger partial charge in [0.05, 0.1) is 41.9 Å². The number of nitrogens with zero attached hydrogens (tertiary/aromatic N) is 4. The molecular formula is C26H36FN5O8. The Morgan fingerprint density at radius 2 is 1.68 bits per heavy atom. The van der Waals surface area contributed by atoms with E-state index in [0.717, 1.165) is 0 Å². The molecular weight excluding hydrogens is 529 g/mol. The van der Waals surface area contributed by atoms with E-state index in [2.05, 4.69) is 15.0 Å². The molecule has 0 amide bonds. The molecule has 0 aromatic carbocycles. The van der Waals surface area contributed by atoms with Gasteiger partial charge in [-0.15, -0.1) is 0 Å². The molecule has 4 atom stereocenters. The summed E-state index contributed by atoms with van der Waals surface area (Å²) in [5.41, 5.74) is 6.40. The molecule has 2 aromatic rings. The molecule has 1 unspecified atom stereocenters. The molecule has 0 radical (unpaired) electrons. The minimum Gasteiger partial charge on any atom is -0.477 e. The molecule has 3 heterocycles. The summed E-state index contributed by atoms with van der Waals surface area (Å²) >= 11 is 0. The van der Waals surface area contributed by atoms with Crippen LogP contribution in [0.3, 0.4) is 0 Å². The quantitative estimate of drug-likeness (QED) is 0.313. The third-order valence-corrected chi connectivity index (χ3v) is 5.87. The summed E-state index contributed by atoms with van der Waals surface area (Å²) in [6.45, 7) is 10.7. The van der Waals surface area contributed by atoms with Crippen molar-refractivity contribution in [2.24, 2.45) is 17.8 Å². The zero-order valence-corrected chi connectivity index (χ0v) is 23.6. The van der Waals surface area contributed by atoms with Crippen molar-refractivity contribution in [2.45, 2.75) is 72.8 Å². The van der Waals surface area contributed by atoms with E-state index in [9.17, 15) is 14.4 Å². The Balaban J connectivity index is 2.05. The van der Waals surface area contributed by atoms with E-state index in [1.807, 2.05) is 0 Å². The van der Waals surface area contributed by atoms with Crippen LogP contribution in [0, 0.1) is 17.8 Å². The van der Waals surface area contributed by atoms with Gasteiger partial charge in [-0.25, -0.2) is 14.4 Å². The van der Waals surface area contributed by atoms with Crippen LogP contribution in [0.25, 0.3) is 11.3 Å². The molecule has 1 fully saturated rings. The van der Waals surface area contributed by atoms with Crippen molar-refractivity contribution in [3.63, 3.8) is 0 Å². The van der Waals surface area contributed by atoms with E-state index in [4.69, 9.17) is 29.4 Å². The molecule has 13 nitrogen and oxygen atoms in total. The Morgan fingerprint density at radius 3 is 2.27 bits per heavy atom. The first kappa shape index (κ1) is 30.7. The molecule has 2 aromatic heterocycles. The van der Waals surface area contributed by atoms with E-state index in [1.165, 1.54) is 23.3 Å². The average Bonchev–Trinajstić information content (AvgIpc) is 3.46. The fraction of sp³-hybridized carbons (Fsp3) is 0.615. The van der Waals surface area contributed by atoms with E-state index in [-0.39, 0.29) is 11.8 Å². The van der Waals surface area contributed by atoms with Crippen LogP contribution in [0.2, 0.25) is 0 Å². The number of imidazole rings is 1. The fourth-order valence-corrected chi connectivity index (χ4v) is 3.64. The molecule has 1 aliphatic rings. The number of alkyl halides is 1. The number of hydrogen-bond donors (Lipinski definition) is 1. The number of carbonyl (C=O) groups is 3. The Hall–Kier alpha value is -3.81. The number of anilines is 1. The molecule has 40 heavy (non-hydrogen) atoms. The normalized spacial score (nSPS) is 22.5. The van der Waals surface area contributed by atoms with E-state index in [1.54, 1.807) is 48.5 Å². The molecule has 0 bridgehead atoms. The van der Waals surface area contributed by atoms with Gasteiger partial charge in [0.25, 0.3) is 5.85 Å². The highest BCUT2D eigenvalue weighted by molar-refractivity contribution is 5.73. The first-order chi connectivity index (χ1) is 18.8. The molecule has 0 spiro atoms. The van der Waals surface area contributed by atoms with Crippen molar-refractivity contribution in [2.75, 3.05) is 18.9 Å². The summed E-state index contributed by atoms with van der Waals surface area (Å²) in [5.74, 6) is -6.58. The number of carbonyl (C=O) groups excluding carboxylic acids is 3. The molecule has 1 aliphatic heterocycles. The Labute approximate surface area is 231 Å². The average molecular weight is 566 g/mol. The van der Waals surface area contributed by atoms with Crippen LogP contribution in [-0.4, -0.2) is 68.7 Å². The SMILES string of the molecule is CCOc1nc(N)ncc1-c1cn([C@@H]2O[C@](F)(COC(=O)C(C)C)C(OC(=O)C(C)C)[C@@H]2OC(=O)C(C)C)cn1. The predicted octanol–water partition coefficient (Wildman–Crippen LogP) is 2.85. The van der Waals surface area contributed by atoms with Gasteiger partial charge in [-0.2, -0.15) is 4.98 Å². The number of ether oxygens (including phenoxy) is 5. The van der Waals surface area contributed by atoms with Gasteiger partial charge in [0.2, 0.25) is 17.9 Å². The molecule has 14 heteroatoms. The van der Waals surface area contributed by atoms with Gasteiger partial charge in [0.1, 0.15) is 0 Å². The molecule has 2 N–H and O–H groups in total. The molecule has 3 rings (SSSR count). The van der Waals surface area contributed by atoms with Crippen molar-refractivity contribution in [1.29, 1.82) is 0 Å². The van der Waals surface area contributed by atoms with Crippen molar-refractivity contribution in [3.8, 4) is 17.1 Å². The second-order valence-electron chi connectivity index (χ2n) is 10.2. The lowest BCUT2D eigenvalue weighted by molar-refractivity contribution is -0.226. The van der Waals surface area contributed by atoms with Crippen LogP contribution in [0.4, 0.5) is 10.3 Å². The second-order valence-corrected chi connectivity index (χ2v) is 10.2. The van der Waals surface area contributed by atoms with Gasteiger partial charge < -0.3 is 34.0 Å². The zero-order valence-electron chi connectivity index (χ0n) is 23.6. The topological polar surface area (TPSA) is 167 Å². The van der Waals surface area contributed by atoms with Crippen molar-refractivity contribution < 1.29 is 42.5 Å². The smallest absolute Gasteiger partial charge is 0.308 e. The largest absolute Gasteiger partial charge is 0.477 e. The molecule has 220 valence electrons. The number of esters is 3. The first-order valence-corrected chi connectivity index (χ1v) is 13.0. The van der Waals surface area contributed by atoms with Gasteiger partial charge in [-0.1, -0.05) is 41.5 Å². The monoisotopic (exact) mass is 565 g/mol. The standard InChI is InChI=1S/C26H36FN5O8/c1-8-36-20-16(9-29-25(28)31-20)17-10-32(12-30-17)21-18(38-23(34)14(4)5)19(39-24(35)15(6)7)26(27,40-21)11-37-22(33)13(2)3/h9-10,12-15,18-19,21H,8,11H2,1-7H3,(H2,28,29,31)/t18-,19?,21+,26+/m0/s1. The zero-order chi connectivity index (χ0) is 29.8. The van der Waals surface area contributed by atoms with Crippen LogP contribution in [0.1, 0.15) is 54.7 Å². The maximum absolute atomic E-state index is 16.5. The van der Waals surface area contributed by atoms with Crippen LogP contribution in [0.5, 0.6) is 5.88 Å². The van der Waals surface area contributed by atoms with Gasteiger partial charge >= 0.3 is 17.9 Å². The lowest BCUT2D eigenvalue weighted by Gasteiger charge is -2.28. The summed E-state index contributed by atoms with van der Waals surface area (Å²) in [4.78, 5) is 49.9. The highest BCUT2D eigenvalue weighted by Crippen LogP contribution is 2.43. The molecule has 1 saturated heterocycles. The second kappa shape index (κ2) is 12.6. The third kappa shape index (κ3) is 6.84. The number of aromatic nitrogens is 4. The maximum Gasteiger partial charge on any atom is 0.308 e. The van der Waals surface area contributed by atoms with Crippen molar-refractivity contribution in [1.82, 2.24) is 19.5 Å². The third-order valence-electron chi connectivity index (χ3n) is 5.87. The summed E-state index contributed by atoms with van der Waals surface area (Å²) in [7, 11) is 0.